The highest BCUT2D eigenvalue weighted by molar-refractivity contribution is 5.80. The summed E-state index contributed by atoms with van der Waals surface area (Å²) >= 11 is 0. The number of nitrogens with two attached hydrogens (primary N) is 1. The van der Waals surface area contributed by atoms with Crippen molar-refractivity contribution in [3.63, 3.8) is 0 Å². The Kier molecular flexibility index (Phi) is 4.18. The molecule has 3 rings (SSSR count). The van der Waals surface area contributed by atoms with Gasteiger partial charge in [0.25, 0.3) is 0 Å². The quantitative estimate of drug-likeness (QED) is 0.560. The largest absolute Gasteiger partial charge is 0.382 e. The van der Waals surface area contributed by atoms with Crippen molar-refractivity contribution in [2.24, 2.45) is 0 Å². The van der Waals surface area contributed by atoms with Gasteiger partial charge < -0.3 is 10.1 Å². The fraction of sp³-hybridized carbons (Fsp3) is 0.118. The van der Waals surface area contributed by atoms with Crippen molar-refractivity contribution >= 4 is 17.0 Å². The monoisotopic (exact) mass is 294 g/mol. The fourth-order valence-electron chi connectivity index (χ4n) is 2.40. The number of nitrogens with zero attached hydrogens (tertiary/aromatic N) is 2. The predicted molar refractivity (Wildman–Crippen MR) is 88.1 cm³/mol. The Morgan fingerprint density at radius 1 is 1.18 bits per heavy atom. The van der Waals surface area contributed by atoms with Crippen LogP contribution < -0.4 is 11.2 Å². The normalized spacial score (nSPS) is 12.0. The average Bonchev–Trinajstić information content (AvgIpc) is 2.91. The van der Waals surface area contributed by atoms with Crippen LogP contribution in [-0.2, 0) is 4.84 Å². The SMILES string of the molecule is CNOCC=C(c1ccccc1)c1ccc2nc(N)cn2c1. The number of hydroxylamine groups is 1. The minimum absolute atomic E-state index is 0.477. The molecule has 0 saturated heterocycles. The van der Waals surface area contributed by atoms with E-state index >= 15 is 0 Å². The van der Waals surface area contributed by atoms with Crippen LogP contribution in [0, 0.1) is 0 Å². The van der Waals surface area contributed by atoms with Gasteiger partial charge in [0.2, 0.25) is 0 Å². The van der Waals surface area contributed by atoms with Gasteiger partial charge in [0.05, 0.1) is 12.8 Å². The summed E-state index contributed by atoms with van der Waals surface area (Å²) in [5.74, 6) is 0.515. The number of pyridine rings is 1. The lowest BCUT2D eigenvalue weighted by Crippen LogP contribution is -2.07. The predicted octanol–water partition coefficient (Wildman–Crippen LogP) is 2.50. The van der Waals surface area contributed by atoms with Crippen LogP contribution in [0.1, 0.15) is 11.1 Å². The summed E-state index contributed by atoms with van der Waals surface area (Å²) in [6.45, 7) is 0.477. The van der Waals surface area contributed by atoms with Gasteiger partial charge in [0.15, 0.2) is 0 Å². The molecular formula is C17H18N4O. The molecule has 2 aromatic heterocycles. The smallest absolute Gasteiger partial charge is 0.142 e. The Bertz CT molecular complexity index is 793. The van der Waals surface area contributed by atoms with Crippen LogP contribution in [0.4, 0.5) is 5.82 Å². The van der Waals surface area contributed by atoms with Crippen molar-refractivity contribution in [3.8, 4) is 0 Å². The zero-order chi connectivity index (χ0) is 15.4. The molecule has 0 aliphatic rings. The number of nitrogens with one attached hydrogen (secondary N) is 1. The molecule has 3 N–H and O–H groups in total. The van der Waals surface area contributed by atoms with Gasteiger partial charge in [0, 0.05) is 13.2 Å². The first kappa shape index (κ1) is 14.3. The van der Waals surface area contributed by atoms with E-state index in [1.807, 2.05) is 53.2 Å². The molecular weight excluding hydrogens is 276 g/mol. The number of fused-ring (bicyclic) bond motifs is 1. The second-order valence-corrected chi connectivity index (χ2v) is 4.85. The molecule has 0 fully saturated rings. The van der Waals surface area contributed by atoms with Crippen molar-refractivity contribution in [2.75, 3.05) is 19.4 Å². The zero-order valence-corrected chi connectivity index (χ0v) is 12.4. The summed E-state index contributed by atoms with van der Waals surface area (Å²) in [6, 6.07) is 14.2. The van der Waals surface area contributed by atoms with E-state index in [-0.39, 0.29) is 0 Å². The van der Waals surface area contributed by atoms with Crippen LogP contribution >= 0.6 is 0 Å². The lowest BCUT2D eigenvalue weighted by atomic mass is 9.99. The van der Waals surface area contributed by atoms with Crippen LogP contribution in [-0.4, -0.2) is 23.0 Å². The van der Waals surface area contributed by atoms with Crippen LogP contribution in [0.5, 0.6) is 0 Å². The van der Waals surface area contributed by atoms with E-state index < -0.39 is 0 Å². The fourth-order valence-corrected chi connectivity index (χ4v) is 2.40. The lowest BCUT2D eigenvalue weighted by molar-refractivity contribution is 0.0813. The van der Waals surface area contributed by atoms with Gasteiger partial charge in [-0.1, -0.05) is 30.3 Å². The number of rotatable bonds is 5. The highest BCUT2D eigenvalue weighted by Gasteiger charge is 2.07. The Morgan fingerprint density at radius 3 is 2.77 bits per heavy atom. The van der Waals surface area contributed by atoms with E-state index in [9.17, 15) is 0 Å². The molecule has 5 heteroatoms. The summed E-state index contributed by atoms with van der Waals surface area (Å²) < 4.78 is 1.93. The maximum Gasteiger partial charge on any atom is 0.142 e. The van der Waals surface area contributed by atoms with Crippen molar-refractivity contribution in [2.45, 2.75) is 0 Å². The summed E-state index contributed by atoms with van der Waals surface area (Å²) in [4.78, 5) is 9.48. The third kappa shape index (κ3) is 3.00. The molecule has 0 atom stereocenters. The highest BCUT2D eigenvalue weighted by atomic mass is 16.6. The molecule has 22 heavy (non-hydrogen) atoms. The van der Waals surface area contributed by atoms with Gasteiger partial charge in [-0.15, -0.1) is 0 Å². The van der Waals surface area contributed by atoms with Crippen LogP contribution in [0.2, 0.25) is 0 Å². The molecule has 0 amide bonds. The standard InChI is InChI=1S/C17H18N4O/c1-19-22-10-9-15(13-5-3-2-4-6-13)14-7-8-17-20-16(18)12-21(17)11-14/h2-9,11-12,19H,10,18H2,1H3. The summed E-state index contributed by atoms with van der Waals surface area (Å²) in [5, 5.41) is 0. The minimum atomic E-state index is 0.477. The van der Waals surface area contributed by atoms with E-state index in [1.54, 1.807) is 7.05 Å². The maximum atomic E-state index is 5.75. The molecule has 112 valence electrons. The van der Waals surface area contributed by atoms with Crippen LogP contribution in [0.3, 0.4) is 0 Å². The molecule has 1 aromatic carbocycles. The van der Waals surface area contributed by atoms with Gasteiger partial charge in [-0.05, 0) is 34.9 Å². The third-order valence-corrected chi connectivity index (χ3v) is 3.38. The van der Waals surface area contributed by atoms with E-state index in [0.717, 1.165) is 22.3 Å². The molecule has 0 spiro atoms. The van der Waals surface area contributed by atoms with E-state index in [2.05, 4.69) is 22.6 Å². The first-order valence-electron chi connectivity index (χ1n) is 7.06. The third-order valence-electron chi connectivity index (χ3n) is 3.38. The Morgan fingerprint density at radius 2 is 2.00 bits per heavy atom. The number of imidazole rings is 1. The van der Waals surface area contributed by atoms with Gasteiger partial charge in [-0.2, -0.15) is 0 Å². The lowest BCUT2D eigenvalue weighted by Gasteiger charge is -2.09. The molecule has 0 aliphatic carbocycles. The number of benzene rings is 1. The molecule has 0 unspecified atom stereocenters. The maximum absolute atomic E-state index is 5.75. The molecule has 0 saturated carbocycles. The van der Waals surface area contributed by atoms with E-state index in [0.29, 0.717) is 12.4 Å². The number of nitrogen functional groups attached to an aromatic ring is 1. The number of anilines is 1. The molecule has 3 aromatic rings. The Hall–Kier alpha value is -2.63. The second kappa shape index (κ2) is 6.43. The molecule has 2 heterocycles. The van der Waals surface area contributed by atoms with Crippen molar-refractivity contribution in [1.29, 1.82) is 0 Å². The van der Waals surface area contributed by atoms with Gasteiger partial charge in [0.1, 0.15) is 11.5 Å². The van der Waals surface area contributed by atoms with Crippen molar-refractivity contribution < 1.29 is 4.84 Å². The van der Waals surface area contributed by atoms with E-state index in [1.165, 1.54) is 0 Å². The van der Waals surface area contributed by atoms with Crippen LogP contribution in [0.15, 0.2) is 60.9 Å². The number of aromatic nitrogens is 2. The minimum Gasteiger partial charge on any atom is -0.382 e. The number of hydrogen-bond donors (Lipinski definition) is 2. The summed E-state index contributed by atoms with van der Waals surface area (Å²) in [5.41, 5.74) is 12.6. The summed E-state index contributed by atoms with van der Waals surface area (Å²) in [7, 11) is 1.75. The second-order valence-electron chi connectivity index (χ2n) is 4.85. The molecule has 0 aliphatic heterocycles. The topological polar surface area (TPSA) is 64.6 Å². The number of hydrogen-bond acceptors (Lipinski definition) is 4. The van der Waals surface area contributed by atoms with Gasteiger partial charge in [-0.25, -0.2) is 10.5 Å². The molecule has 0 radical (unpaired) electrons. The van der Waals surface area contributed by atoms with Crippen molar-refractivity contribution in [1.82, 2.24) is 14.9 Å². The molecule has 0 bridgehead atoms. The summed E-state index contributed by atoms with van der Waals surface area (Å²) in [6.07, 6.45) is 5.88. The van der Waals surface area contributed by atoms with Gasteiger partial charge in [-0.3, -0.25) is 4.84 Å². The van der Waals surface area contributed by atoms with E-state index in [4.69, 9.17) is 10.6 Å². The van der Waals surface area contributed by atoms with Crippen LogP contribution in [0.25, 0.3) is 11.2 Å². The average molecular weight is 294 g/mol. The molecule has 5 nitrogen and oxygen atoms in total. The first-order chi connectivity index (χ1) is 10.8. The Labute approximate surface area is 129 Å². The first-order valence-corrected chi connectivity index (χ1v) is 7.06. The Balaban J connectivity index is 2.04. The highest BCUT2D eigenvalue weighted by Crippen LogP contribution is 2.24. The zero-order valence-electron chi connectivity index (χ0n) is 12.4. The van der Waals surface area contributed by atoms with Gasteiger partial charge >= 0.3 is 0 Å². The van der Waals surface area contributed by atoms with Crippen molar-refractivity contribution in [3.05, 3.63) is 72.1 Å².